The Labute approximate surface area is 105 Å². The van der Waals surface area contributed by atoms with Gasteiger partial charge in [-0.1, -0.05) is 18.2 Å². The number of rotatable bonds is 3. The molecule has 0 spiro atoms. The normalized spacial score (nSPS) is 10.9. The van der Waals surface area contributed by atoms with Gasteiger partial charge in [-0.25, -0.2) is 0 Å². The molecule has 0 unspecified atom stereocenters. The molecule has 2 aromatic heterocycles. The second-order valence-electron chi connectivity index (χ2n) is 4.20. The molecule has 0 bridgehead atoms. The fourth-order valence-corrected chi connectivity index (χ4v) is 2.13. The Kier molecular flexibility index (Phi) is 2.82. The first-order valence-electron chi connectivity index (χ1n) is 5.94. The molecular weight excluding hydrogens is 224 g/mol. The lowest BCUT2D eigenvalue weighted by molar-refractivity contribution is 0.497. The zero-order valence-corrected chi connectivity index (χ0v) is 10.2. The molecule has 90 valence electrons. The molecule has 0 radical (unpaired) electrons. The smallest absolute Gasteiger partial charge is 0.125 e. The first kappa shape index (κ1) is 11.0. The molecule has 3 heteroatoms. The summed E-state index contributed by atoms with van der Waals surface area (Å²) in [6.07, 6.45) is 3.54. The van der Waals surface area contributed by atoms with E-state index in [0.717, 1.165) is 34.3 Å². The Bertz CT molecular complexity index is 673. The number of aromatic nitrogens is 1. The summed E-state index contributed by atoms with van der Waals surface area (Å²) >= 11 is 0. The molecule has 0 amide bonds. The average Bonchev–Trinajstić information content (AvgIpc) is 2.87. The van der Waals surface area contributed by atoms with Crippen LogP contribution < -0.4 is 5.32 Å². The Morgan fingerprint density at radius 3 is 3.06 bits per heavy atom. The van der Waals surface area contributed by atoms with Gasteiger partial charge in [0.15, 0.2) is 0 Å². The Morgan fingerprint density at radius 2 is 2.17 bits per heavy atom. The Morgan fingerprint density at radius 1 is 1.22 bits per heavy atom. The standard InChI is InChI=1S/C15H14N2O/c1-16-10-15-13(6-8-18-15)12-5-4-11-3-2-7-17-14(11)9-12/h2-9,16H,10H2,1H3. The maximum Gasteiger partial charge on any atom is 0.125 e. The minimum atomic E-state index is 0.725. The lowest BCUT2D eigenvalue weighted by Crippen LogP contribution is -2.04. The van der Waals surface area contributed by atoms with E-state index in [0.29, 0.717) is 0 Å². The van der Waals surface area contributed by atoms with Crippen LogP contribution in [0.25, 0.3) is 22.0 Å². The lowest BCUT2D eigenvalue weighted by atomic mass is 10.0. The molecule has 3 aromatic rings. The van der Waals surface area contributed by atoms with E-state index in [1.165, 1.54) is 0 Å². The van der Waals surface area contributed by atoms with E-state index in [1.54, 1.807) is 6.26 Å². The van der Waals surface area contributed by atoms with Crippen molar-refractivity contribution in [3.63, 3.8) is 0 Å². The van der Waals surface area contributed by atoms with E-state index >= 15 is 0 Å². The minimum Gasteiger partial charge on any atom is -0.467 e. The van der Waals surface area contributed by atoms with Crippen LogP contribution >= 0.6 is 0 Å². The van der Waals surface area contributed by atoms with E-state index in [1.807, 2.05) is 25.4 Å². The second-order valence-corrected chi connectivity index (χ2v) is 4.20. The van der Waals surface area contributed by atoms with E-state index in [4.69, 9.17) is 4.42 Å². The molecule has 0 aliphatic carbocycles. The van der Waals surface area contributed by atoms with E-state index < -0.39 is 0 Å². The summed E-state index contributed by atoms with van der Waals surface area (Å²) in [4.78, 5) is 4.38. The van der Waals surface area contributed by atoms with Crippen LogP contribution in [0.15, 0.2) is 53.3 Å². The van der Waals surface area contributed by atoms with Crippen molar-refractivity contribution >= 4 is 10.9 Å². The first-order chi connectivity index (χ1) is 8.88. The SMILES string of the molecule is CNCc1occc1-c1ccc2cccnc2c1. The van der Waals surface area contributed by atoms with Crippen LogP contribution in [0.1, 0.15) is 5.76 Å². The van der Waals surface area contributed by atoms with Crippen LogP contribution in [0.2, 0.25) is 0 Å². The highest BCUT2D eigenvalue weighted by molar-refractivity contribution is 5.84. The predicted octanol–water partition coefficient (Wildman–Crippen LogP) is 3.21. The van der Waals surface area contributed by atoms with Gasteiger partial charge in [0.25, 0.3) is 0 Å². The number of nitrogens with one attached hydrogen (secondary N) is 1. The van der Waals surface area contributed by atoms with Crippen molar-refractivity contribution in [1.29, 1.82) is 0 Å². The van der Waals surface area contributed by atoms with Crippen LogP contribution in [0.3, 0.4) is 0 Å². The summed E-state index contributed by atoms with van der Waals surface area (Å²) in [6, 6.07) is 12.3. The van der Waals surface area contributed by atoms with Gasteiger partial charge in [-0.05, 0) is 30.8 Å². The van der Waals surface area contributed by atoms with Gasteiger partial charge in [0.2, 0.25) is 0 Å². The third kappa shape index (κ3) is 1.89. The van der Waals surface area contributed by atoms with Crippen molar-refractivity contribution in [3.8, 4) is 11.1 Å². The number of fused-ring (bicyclic) bond motifs is 1. The van der Waals surface area contributed by atoms with Gasteiger partial charge in [0.1, 0.15) is 5.76 Å². The van der Waals surface area contributed by atoms with Crippen molar-refractivity contribution in [2.75, 3.05) is 7.05 Å². The molecule has 2 heterocycles. The first-order valence-corrected chi connectivity index (χ1v) is 5.94. The minimum absolute atomic E-state index is 0.725. The van der Waals surface area contributed by atoms with Crippen molar-refractivity contribution < 1.29 is 4.42 Å². The van der Waals surface area contributed by atoms with Crippen molar-refractivity contribution in [3.05, 3.63) is 54.6 Å². The quantitative estimate of drug-likeness (QED) is 0.761. The van der Waals surface area contributed by atoms with E-state index in [2.05, 4.69) is 34.6 Å². The number of hydrogen-bond acceptors (Lipinski definition) is 3. The molecule has 3 nitrogen and oxygen atoms in total. The number of pyridine rings is 1. The Hall–Kier alpha value is -2.13. The lowest BCUT2D eigenvalue weighted by Gasteiger charge is -2.04. The summed E-state index contributed by atoms with van der Waals surface area (Å²) in [7, 11) is 1.91. The van der Waals surface area contributed by atoms with Crippen molar-refractivity contribution in [2.45, 2.75) is 6.54 Å². The summed E-state index contributed by atoms with van der Waals surface area (Å²) in [5.41, 5.74) is 3.27. The van der Waals surface area contributed by atoms with E-state index in [-0.39, 0.29) is 0 Å². The number of furan rings is 1. The van der Waals surface area contributed by atoms with Crippen molar-refractivity contribution in [1.82, 2.24) is 10.3 Å². The summed E-state index contributed by atoms with van der Waals surface area (Å²) in [5, 5.41) is 4.26. The van der Waals surface area contributed by atoms with Gasteiger partial charge in [0.05, 0.1) is 18.3 Å². The molecular formula is C15H14N2O. The molecule has 1 aromatic carbocycles. The monoisotopic (exact) mass is 238 g/mol. The van der Waals surface area contributed by atoms with Crippen LogP contribution in [-0.2, 0) is 6.54 Å². The summed E-state index contributed by atoms with van der Waals surface area (Å²) in [6.45, 7) is 0.725. The molecule has 18 heavy (non-hydrogen) atoms. The molecule has 0 atom stereocenters. The van der Waals surface area contributed by atoms with E-state index in [9.17, 15) is 0 Å². The summed E-state index contributed by atoms with van der Waals surface area (Å²) < 4.78 is 5.49. The highest BCUT2D eigenvalue weighted by Crippen LogP contribution is 2.27. The maximum atomic E-state index is 5.49. The molecule has 3 rings (SSSR count). The van der Waals surface area contributed by atoms with Gasteiger partial charge in [-0.2, -0.15) is 0 Å². The zero-order chi connectivity index (χ0) is 12.4. The highest BCUT2D eigenvalue weighted by atomic mass is 16.3. The molecule has 0 fully saturated rings. The second kappa shape index (κ2) is 4.63. The zero-order valence-electron chi connectivity index (χ0n) is 10.2. The van der Waals surface area contributed by atoms with Gasteiger partial charge in [-0.15, -0.1) is 0 Å². The Balaban J connectivity index is 2.10. The van der Waals surface area contributed by atoms with Gasteiger partial charge in [-0.3, -0.25) is 4.98 Å². The van der Waals surface area contributed by atoms with Crippen molar-refractivity contribution in [2.24, 2.45) is 0 Å². The topological polar surface area (TPSA) is 38.1 Å². The predicted molar refractivity (Wildman–Crippen MR) is 72.2 cm³/mol. The van der Waals surface area contributed by atoms with Gasteiger partial charge < -0.3 is 9.73 Å². The van der Waals surface area contributed by atoms with Crippen LogP contribution in [-0.4, -0.2) is 12.0 Å². The van der Waals surface area contributed by atoms with Crippen LogP contribution in [0.5, 0.6) is 0 Å². The highest BCUT2D eigenvalue weighted by Gasteiger charge is 2.08. The number of hydrogen-bond donors (Lipinski definition) is 1. The molecule has 1 N–H and O–H groups in total. The molecule has 0 saturated carbocycles. The third-order valence-electron chi connectivity index (χ3n) is 3.00. The number of benzene rings is 1. The van der Waals surface area contributed by atoms with Crippen LogP contribution in [0, 0.1) is 0 Å². The maximum absolute atomic E-state index is 5.49. The fraction of sp³-hybridized carbons (Fsp3) is 0.133. The van der Waals surface area contributed by atoms with Gasteiger partial charge in [0, 0.05) is 17.1 Å². The number of nitrogens with zero attached hydrogens (tertiary/aromatic N) is 1. The molecule has 0 aliphatic rings. The third-order valence-corrected chi connectivity index (χ3v) is 3.00. The molecule has 0 saturated heterocycles. The average molecular weight is 238 g/mol. The van der Waals surface area contributed by atoms with Crippen LogP contribution in [0.4, 0.5) is 0 Å². The fourth-order valence-electron chi connectivity index (χ4n) is 2.13. The summed E-state index contributed by atoms with van der Waals surface area (Å²) in [5.74, 6) is 0.952. The van der Waals surface area contributed by atoms with Gasteiger partial charge >= 0.3 is 0 Å². The largest absolute Gasteiger partial charge is 0.467 e. The molecule has 0 aliphatic heterocycles.